The summed E-state index contributed by atoms with van der Waals surface area (Å²) in [6.07, 6.45) is 1.61. The second-order valence-electron chi connectivity index (χ2n) is 5.50. The fourth-order valence-corrected chi connectivity index (χ4v) is 2.29. The monoisotopic (exact) mass is 335 g/mol. The van der Waals surface area contributed by atoms with Crippen molar-refractivity contribution in [2.45, 2.75) is 13.5 Å². The molecule has 2 N–H and O–H groups in total. The lowest BCUT2D eigenvalue weighted by atomic mass is 10.2. The van der Waals surface area contributed by atoms with Gasteiger partial charge in [-0.3, -0.25) is 9.59 Å². The highest BCUT2D eigenvalue weighted by atomic mass is 16.2. The van der Waals surface area contributed by atoms with Gasteiger partial charge >= 0.3 is 0 Å². The third-order valence-corrected chi connectivity index (χ3v) is 3.42. The molecule has 3 rings (SSSR count). The molecule has 2 amide bonds. The van der Waals surface area contributed by atoms with E-state index in [1.54, 1.807) is 35.1 Å². The molecule has 0 bridgehead atoms. The number of rotatable bonds is 5. The van der Waals surface area contributed by atoms with Crippen molar-refractivity contribution in [2.24, 2.45) is 0 Å². The Labute approximate surface area is 144 Å². The van der Waals surface area contributed by atoms with E-state index in [2.05, 4.69) is 20.9 Å². The molecule has 3 aromatic rings. The van der Waals surface area contributed by atoms with Crippen LogP contribution in [0, 0.1) is 0 Å². The van der Waals surface area contributed by atoms with Gasteiger partial charge in [0, 0.05) is 18.3 Å². The van der Waals surface area contributed by atoms with Gasteiger partial charge in [-0.05, 0) is 29.8 Å². The van der Waals surface area contributed by atoms with Crippen LogP contribution in [0.15, 0.2) is 60.8 Å². The molecule has 0 fully saturated rings. The highest BCUT2D eigenvalue weighted by Crippen LogP contribution is 2.14. The Morgan fingerprint density at radius 3 is 2.24 bits per heavy atom. The van der Waals surface area contributed by atoms with E-state index in [9.17, 15) is 9.59 Å². The molecule has 1 heterocycles. The summed E-state index contributed by atoms with van der Waals surface area (Å²) in [5, 5.41) is 13.3. The number of benzene rings is 2. The van der Waals surface area contributed by atoms with Gasteiger partial charge in [0.2, 0.25) is 5.91 Å². The standard InChI is InChI=1S/C18H17N5O2/c1-13(24)19-15-7-9-16(10-8-15)20-18(25)17-12-23(22-21-17)11-14-5-3-2-4-6-14/h2-10,12H,11H2,1H3,(H,19,24)(H,20,25). The van der Waals surface area contributed by atoms with E-state index in [0.29, 0.717) is 17.9 Å². The molecule has 7 nitrogen and oxygen atoms in total. The van der Waals surface area contributed by atoms with Crippen LogP contribution in [0.4, 0.5) is 11.4 Å². The van der Waals surface area contributed by atoms with Crippen molar-refractivity contribution < 1.29 is 9.59 Å². The quantitative estimate of drug-likeness (QED) is 0.750. The van der Waals surface area contributed by atoms with E-state index in [-0.39, 0.29) is 17.5 Å². The Morgan fingerprint density at radius 1 is 0.960 bits per heavy atom. The first-order valence-corrected chi connectivity index (χ1v) is 7.73. The first-order valence-electron chi connectivity index (χ1n) is 7.73. The average molecular weight is 335 g/mol. The Morgan fingerprint density at radius 2 is 1.60 bits per heavy atom. The summed E-state index contributed by atoms with van der Waals surface area (Å²) in [5.74, 6) is -0.488. The molecule has 1 aromatic heterocycles. The Balaban J connectivity index is 1.62. The fraction of sp³-hybridized carbons (Fsp3) is 0.111. The highest BCUT2D eigenvalue weighted by Gasteiger charge is 2.11. The largest absolute Gasteiger partial charge is 0.326 e. The number of carbonyl (C=O) groups is 2. The second kappa shape index (κ2) is 7.39. The maximum atomic E-state index is 12.2. The molecular weight excluding hydrogens is 318 g/mol. The first kappa shape index (κ1) is 16.4. The summed E-state index contributed by atoms with van der Waals surface area (Å²) < 4.78 is 1.62. The third-order valence-electron chi connectivity index (χ3n) is 3.42. The van der Waals surface area contributed by atoms with Crippen LogP contribution in [-0.2, 0) is 11.3 Å². The number of carbonyl (C=O) groups excluding carboxylic acids is 2. The molecule has 126 valence electrons. The van der Waals surface area contributed by atoms with Gasteiger partial charge in [0.1, 0.15) is 0 Å². The van der Waals surface area contributed by atoms with Crippen molar-refractivity contribution in [3.63, 3.8) is 0 Å². The van der Waals surface area contributed by atoms with Crippen molar-refractivity contribution in [3.8, 4) is 0 Å². The summed E-state index contributed by atoms with van der Waals surface area (Å²) in [4.78, 5) is 23.2. The molecule has 0 spiro atoms. The van der Waals surface area contributed by atoms with Crippen LogP contribution in [0.2, 0.25) is 0 Å². The molecule has 0 atom stereocenters. The number of hydrogen-bond acceptors (Lipinski definition) is 4. The summed E-state index contributed by atoms with van der Waals surface area (Å²) in [5.41, 5.74) is 2.59. The fourth-order valence-electron chi connectivity index (χ4n) is 2.29. The second-order valence-corrected chi connectivity index (χ2v) is 5.50. The zero-order valence-electron chi connectivity index (χ0n) is 13.6. The Bertz CT molecular complexity index is 872. The summed E-state index contributed by atoms with van der Waals surface area (Å²) in [7, 11) is 0. The van der Waals surface area contributed by atoms with Crippen molar-refractivity contribution in [2.75, 3.05) is 10.6 Å². The van der Waals surface area contributed by atoms with Crippen LogP contribution in [0.25, 0.3) is 0 Å². The van der Waals surface area contributed by atoms with Gasteiger partial charge in [0.25, 0.3) is 5.91 Å². The van der Waals surface area contributed by atoms with Gasteiger partial charge in [-0.2, -0.15) is 0 Å². The summed E-state index contributed by atoms with van der Waals surface area (Å²) in [6.45, 7) is 1.99. The van der Waals surface area contributed by atoms with E-state index in [0.717, 1.165) is 5.56 Å². The highest BCUT2D eigenvalue weighted by molar-refractivity contribution is 6.02. The van der Waals surface area contributed by atoms with Crippen LogP contribution in [0.5, 0.6) is 0 Å². The van der Waals surface area contributed by atoms with E-state index in [1.807, 2.05) is 30.3 Å². The molecular formula is C18H17N5O2. The average Bonchev–Trinajstić information content (AvgIpc) is 3.06. The minimum Gasteiger partial charge on any atom is -0.326 e. The molecule has 0 saturated carbocycles. The van der Waals surface area contributed by atoms with Gasteiger partial charge in [-0.25, -0.2) is 4.68 Å². The lowest BCUT2D eigenvalue weighted by Gasteiger charge is -2.05. The van der Waals surface area contributed by atoms with Crippen LogP contribution in [0.3, 0.4) is 0 Å². The SMILES string of the molecule is CC(=O)Nc1ccc(NC(=O)c2cn(Cc3ccccc3)nn2)cc1. The molecule has 0 aliphatic rings. The van der Waals surface area contributed by atoms with E-state index >= 15 is 0 Å². The first-order chi connectivity index (χ1) is 12.1. The van der Waals surface area contributed by atoms with Gasteiger partial charge in [0.15, 0.2) is 5.69 Å². The molecule has 0 saturated heterocycles. The van der Waals surface area contributed by atoms with E-state index < -0.39 is 0 Å². The minimum atomic E-state index is -0.341. The van der Waals surface area contributed by atoms with Gasteiger partial charge in [-0.1, -0.05) is 35.5 Å². The molecule has 7 heteroatoms. The van der Waals surface area contributed by atoms with Crippen molar-refractivity contribution in [1.82, 2.24) is 15.0 Å². The maximum absolute atomic E-state index is 12.2. The van der Waals surface area contributed by atoms with Crippen LogP contribution < -0.4 is 10.6 Å². The van der Waals surface area contributed by atoms with Crippen molar-refractivity contribution in [1.29, 1.82) is 0 Å². The Hall–Kier alpha value is -3.48. The summed E-state index contributed by atoms with van der Waals surface area (Å²) in [6, 6.07) is 16.6. The summed E-state index contributed by atoms with van der Waals surface area (Å²) >= 11 is 0. The zero-order valence-corrected chi connectivity index (χ0v) is 13.6. The van der Waals surface area contributed by atoms with Gasteiger partial charge in [0.05, 0.1) is 12.7 Å². The molecule has 25 heavy (non-hydrogen) atoms. The third kappa shape index (κ3) is 4.51. The molecule has 0 unspecified atom stereocenters. The topological polar surface area (TPSA) is 88.9 Å². The number of nitrogens with zero attached hydrogens (tertiary/aromatic N) is 3. The predicted molar refractivity (Wildman–Crippen MR) is 94.3 cm³/mol. The molecule has 0 radical (unpaired) electrons. The molecule has 0 aliphatic heterocycles. The number of hydrogen-bond donors (Lipinski definition) is 2. The number of anilines is 2. The number of amides is 2. The lowest BCUT2D eigenvalue weighted by molar-refractivity contribution is -0.114. The van der Waals surface area contributed by atoms with E-state index in [1.165, 1.54) is 6.92 Å². The predicted octanol–water partition coefficient (Wildman–Crippen LogP) is 2.54. The smallest absolute Gasteiger partial charge is 0.277 e. The number of aromatic nitrogens is 3. The van der Waals surface area contributed by atoms with Crippen LogP contribution in [-0.4, -0.2) is 26.8 Å². The van der Waals surface area contributed by atoms with Gasteiger partial charge in [-0.15, -0.1) is 5.10 Å². The van der Waals surface area contributed by atoms with Gasteiger partial charge < -0.3 is 10.6 Å². The lowest BCUT2D eigenvalue weighted by Crippen LogP contribution is -2.12. The van der Waals surface area contributed by atoms with E-state index in [4.69, 9.17) is 0 Å². The number of nitrogens with one attached hydrogen (secondary N) is 2. The Kier molecular flexibility index (Phi) is 4.84. The minimum absolute atomic E-state index is 0.146. The maximum Gasteiger partial charge on any atom is 0.277 e. The molecule has 2 aromatic carbocycles. The van der Waals surface area contributed by atoms with Crippen LogP contribution in [0.1, 0.15) is 23.0 Å². The zero-order chi connectivity index (χ0) is 17.6. The molecule has 0 aliphatic carbocycles. The van der Waals surface area contributed by atoms with Crippen molar-refractivity contribution in [3.05, 3.63) is 72.1 Å². The van der Waals surface area contributed by atoms with Crippen LogP contribution >= 0.6 is 0 Å². The van der Waals surface area contributed by atoms with Crippen molar-refractivity contribution >= 4 is 23.2 Å². The normalized spacial score (nSPS) is 10.3.